The molecular formula is C23H42O4. The van der Waals surface area contributed by atoms with Gasteiger partial charge in [-0.25, -0.2) is 0 Å². The van der Waals surface area contributed by atoms with Crippen molar-refractivity contribution in [2.75, 3.05) is 0 Å². The molecule has 158 valence electrons. The number of hydrogen-bond donors (Lipinski definition) is 1. The summed E-state index contributed by atoms with van der Waals surface area (Å²) in [6.07, 6.45) is 7.44. The molecule has 0 heterocycles. The van der Waals surface area contributed by atoms with Gasteiger partial charge in [-0.1, -0.05) is 54.4 Å². The van der Waals surface area contributed by atoms with Crippen LogP contribution in [0.2, 0.25) is 0 Å². The van der Waals surface area contributed by atoms with Gasteiger partial charge in [0.1, 0.15) is 5.60 Å². The molecule has 4 heteroatoms. The third-order valence-electron chi connectivity index (χ3n) is 5.60. The fourth-order valence-corrected chi connectivity index (χ4v) is 4.87. The van der Waals surface area contributed by atoms with E-state index in [9.17, 15) is 9.59 Å². The Labute approximate surface area is 166 Å². The van der Waals surface area contributed by atoms with Crippen molar-refractivity contribution in [1.82, 2.24) is 0 Å². The van der Waals surface area contributed by atoms with Gasteiger partial charge in [0.15, 0.2) is 0 Å². The van der Waals surface area contributed by atoms with E-state index in [1.54, 1.807) is 0 Å². The van der Waals surface area contributed by atoms with Gasteiger partial charge < -0.3 is 9.84 Å². The molecule has 1 fully saturated rings. The summed E-state index contributed by atoms with van der Waals surface area (Å²) in [5.74, 6) is -0.457. The predicted octanol–water partition coefficient (Wildman–Crippen LogP) is 6.22. The SMILES string of the molecule is CC(C)(C)CC(CC(C)(C)C)CC(C)(OC(=O)CCC(=O)O)C1CCCC1. The number of rotatable bonds is 9. The lowest BCUT2D eigenvalue weighted by molar-refractivity contribution is -0.168. The predicted molar refractivity (Wildman–Crippen MR) is 110 cm³/mol. The van der Waals surface area contributed by atoms with Crippen LogP contribution in [0.5, 0.6) is 0 Å². The summed E-state index contributed by atoms with van der Waals surface area (Å²) in [6, 6.07) is 0. The molecule has 0 amide bonds. The third kappa shape index (κ3) is 9.62. The lowest BCUT2D eigenvalue weighted by atomic mass is 9.70. The summed E-state index contributed by atoms with van der Waals surface area (Å²) < 4.78 is 6.03. The monoisotopic (exact) mass is 382 g/mol. The molecular weight excluding hydrogens is 340 g/mol. The van der Waals surface area contributed by atoms with E-state index in [1.165, 1.54) is 12.8 Å². The van der Waals surface area contributed by atoms with Crippen LogP contribution < -0.4 is 0 Å². The topological polar surface area (TPSA) is 63.6 Å². The molecule has 1 atom stereocenters. The summed E-state index contributed by atoms with van der Waals surface area (Å²) in [5, 5.41) is 8.87. The number of esters is 1. The second-order valence-electron chi connectivity index (χ2n) is 11.3. The number of aliphatic carboxylic acids is 1. The molecule has 0 aromatic rings. The quantitative estimate of drug-likeness (QED) is 0.481. The number of hydrogen-bond acceptors (Lipinski definition) is 3. The Morgan fingerprint density at radius 1 is 0.889 bits per heavy atom. The van der Waals surface area contributed by atoms with E-state index in [0.29, 0.717) is 11.8 Å². The minimum absolute atomic E-state index is 0.0408. The number of carboxylic acid groups (broad SMARTS) is 1. The van der Waals surface area contributed by atoms with Crippen molar-refractivity contribution in [2.45, 2.75) is 112 Å². The smallest absolute Gasteiger partial charge is 0.306 e. The Hall–Kier alpha value is -1.06. The normalized spacial score (nSPS) is 18.5. The first-order valence-electron chi connectivity index (χ1n) is 10.6. The standard InChI is InChI=1S/C23H42O4/c1-21(2,3)14-17(15-22(4,5)6)16-23(7,18-10-8-9-11-18)27-20(26)13-12-19(24)25/h17-18H,8-16H2,1-7H3,(H,24,25). The molecule has 1 aliphatic carbocycles. The zero-order valence-corrected chi connectivity index (χ0v) is 18.7. The van der Waals surface area contributed by atoms with Crippen molar-refractivity contribution >= 4 is 11.9 Å². The molecule has 1 rings (SSSR count). The Balaban J connectivity index is 2.97. The van der Waals surface area contributed by atoms with Gasteiger partial charge in [0, 0.05) is 0 Å². The molecule has 0 aliphatic heterocycles. The molecule has 1 aliphatic rings. The van der Waals surface area contributed by atoms with E-state index in [1.807, 2.05) is 0 Å². The Kier molecular flexibility index (Phi) is 8.37. The number of ether oxygens (including phenoxy) is 1. The maximum atomic E-state index is 12.4. The second kappa shape index (κ2) is 9.43. The first kappa shape index (κ1) is 24.0. The molecule has 0 bridgehead atoms. The van der Waals surface area contributed by atoms with Crippen molar-refractivity contribution < 1.29 is 19.4 Å². The largest absolute Gasteiger partial charge is 0.481 e. The van der Waals surface area contributed by atoms with E-state index in [4.69, 9.17) is 9.84 Å². The van der Waals surface area contributed by atoms with Gasteiger partial charge in [0.25, 0.3) is 0 Å². The van der Waals surface area contributed by atoms with Crippen LogP contribution in [0.3, 0.4) is 0 Å². The molecule has 1 saturated carbocycles. The Bertz CT molecular complexity index is 475. The first-order valence-corrected chi connectivity index (χ1v) is 10.6. The highest BCUT2D eigenvalue weighted by molar-refractivity contribution is 5.76. The number of carbonyl (C=O) groups excluding carboxylic acids is 1. The van der Waals surface area contributed by atoms with Crippen LogP contribution in [-0.4, -0.2) is 22.6 Å². The number of carboxylic acids is 1. The van der Waals surface area contributed by atoms with Crippen molar-refractivity contribution in [3.8, 4) is 0 Å². The summed E-state index contributed by atoms with van der Waals surface area (Å²) in [4.78, 5) is 23.2. The van der Waals surface area contributed by atoms with E-state index in [-0.39, 0.29) is 29.6 Å². The van der Waals surface area contributed by atoms with Gasteiger partial charge in [-0.2, -0.15) is 0 Å². The highest BCUT2D eigenvalue weighted by Crippen LogP contribution is 2.44. The lowest BCUT2D eigenvalue weighted by Crippen LogP contribution is -2.41. The average Bonchev–Trinajstić information content (AvgIpc) is 2.95. The number of carbonyl (C=O) groups is 2. The van der Waals surface area contributed by atoms with Crippen LogP contribution in [0.1, 0.15) is 106 Å². The second-order valence-corrected chi connectivity index (χ2v) is 11.3. The molecule has 0 saturated heterocycles. The Morgan fingerprint density at radius 2 is 1.37 bits per heavy atom. The molecule has 0 aromatic heterocycles. The molecule has 0 aromatic carbocycles. The molecule has 4 nitrogen and oxygen atoms in total. The zero-order chi connectivity index (χ0) is 20.9. The molecule has 1 N–H and O–H groups in total. The van der Waals surface area contributed by atoms with Gasteiger partial charge in [-0.3, -0.25) is 9.59 Å². The Morgan fingerprint density at radius 3 is 1.78 bits per heavy atom. The van der Waals surface area contributed by atoms with Crippen molar-refractivity contribution in [2.24, 2.45) is 22.7 Å². The summed E-state index contributed by atoms with van der Waals surface area (Å²) >= 11 is 0. The minimum Gasteiger partial charge on any atom is -0.481 e. The average molecular weight is 383 g/mol. The van der Waals surface area contributed by atoms with Gasteiger partial charge >= 0.3 is 11.9 Å². The van der Waals surface area contributed by atoms with E-state index in [0.717, 1.165) is 32.1 Å². The van der Waals surface area contributed by atoms with Gasteiger partial charge in [0.05, 0.1) is 12.8 Å². The first-order chi connectivity index (χ1) is 12.2. The minimum atomic E-state index is -0.951. The van der Waals surface area contributed by atoms with E-state index in [2.05, 4.69) is 48.5 Å². The van der Waals surface area contributed by atoms with Crippen LogP contribution in [-0.2, 0) is 14.3 Å². The van der Waals surface area contributed by atoms with Crippen LogP contribution >= 0.6 is 0 Å². The maximum Gasteiger partial charge on any atom is 0.306 e. The van der Waals surface area contributed by atoms with Crippen molar-refractivity contribution in [3.05, 3.63) is 0 Å². The highest BCUT2D eigenvalue weighted by atomic mass is 16.6. The van der Waals surface area contributed by atoms with E-state index < -0.39 is 11.6 Å². The molecule has 0 spiro atoms. The molecule has 1 unspecified atom stereocenters. The highest BCUT2D eigenvalue weighted by Gasteiger charge is 2.42. The molecule has 27 heavy (non-hydrogen) atoms. The van der Waals surface area contributed by atoms with Crippen LogP contribution in [0.4, 0.5) is 0 Å². The van der Waals surface area contributed by atoms with Gasteiger partial charge in [-0.05, 0) is 61.7 Å². The maximum absolute atomic E-state index is 12.4. The van der Waals surface area contributed by atoms with Crippen molar-refractivity contribution in [3.63, 3.8) is 0 Å². The third-order valence-corrected chi connectivity index (χ3v) is 5.60. The van der Waals surface area contributed by atoms with Gasteiger partial charge in [0.2, 0.25) is 0 Å². The van der Waals surface area contributed by atoms with E-state index >= 15 is 0 Å². The van der Waals surface area contributed by atoms with Crippen LogP contribution in [0.15, 0.2) is 0 Å². The summed E-state index contributed by atoms with van der Waals surface area (Å²) in [7, 11) is 0. The fourth-order valence-electron chi connectivity index (χ4n) is 4.87. The summed E-state index contributed by atoms with van der Waals surface area (Å²) in [5.41, 5.74) is -0.0487. The zero-order valence-electron chi connectivity index (χ0n) is 18.7. The lowest BCUT2D eigenvalue weighted by Gasteiger charge is -2.41. The fraction of sp³-hybridized carbons (Fsp3) is 0.913. The van der Waals surface area contributed by atoms with Gasteiger partial charge in [-0.15, -0.1) is 0 Å². The van der Waals surface area contributed by atoms with Crippen LogP contribution in [0, 0.1) is 22.7 Å². The summed E-state index contributed by atoms with van der Waals surface area (Å²) in [6.45, 7) is 15.7. The van der Waals surface area contributed by atoms with Crippen molar-refractivity contribution in [1.29, 1.82) is 0 Å². The van der Waals surface area contributed by atoms with Crippen LogP contribution in [0.25, 0.3) is 0 Å². The molecule has 0 radical (unpaired) electrons.